The maximum absolute atomic E-state index is 6.38. The largest absolute Gasteiger partial charge is 0.496 e. The van der Waals surface area contributed by atoms with E-state index in [0.29, 0.717) is 16.5 Å². The highest BCUT2D eigenvalue weighted by molar-refractivity contribution is 6.32. The quantitative estimate of drug-likeness (QED) is 0.523. The first kappa shape index (κ1) is 22.3. The van der Waals surface area contributed by atoms with E-state index < -0.39 is 0 Å². The number of benzene rings is 1. The van der Waals surface area contributed by atoms with Gasteiger partial charge in [-0.1, -0.05) is 11.6 Å². The van der Waals surface area contributed by atoms with Gasteiger partial charge in [0.1, 0.15) is 17.1 Å². The number of likely N-dealkylation sites (tertiary alicyclic amines) is 1. The molecule has 4 heterocycles. The van der Waals surface area contributed by atoms with Crippen LogP contribution in [0.3, 0.4) is 0 Å². The lowest BCUT2D eigenvalue weighted by Crippen LogP contribution is -2.48. The fraction of sp³-hybridized carbons (Fsp3) is 0.480. The van der Waals surface area contributed by atoms with E-state index in [2.05, 4.69) is 33.0 Å². The molecule has 8 heteroatoms. The highest BCUT2D eigenvalue weighted by Crippen LogP contribution is 2.38. The van der Waals surface area contributed by atoms with Crippen LogP contribution in [0.4, 0.5) is 5.69 Å². The summed E-state index contributed by atoms with van der Waals surface area (Å²) >= 11 is 6.38. The van der Waals surface area contributed by atoms with Crippen molar-refractivity contribution in [1.29, 1.82) is 0 Å². The Labute approximate surface area is 200 Å². The van der Waals surface area contributed by atoms with E-state index in [1.807, 2.05) is 16.7 Å². The number of hydrogen-bond donors (Lipinski definition) is 0. The van der Waals surface area contributed by atoms with Crippen LogP contribution in [0, 0.1) is 0 Å². The fourth-order valence-corrected chi connectivity index (χ4v) is 5.12. The van der Waals surface area contributed by atoms with Crippen LogP contribution in [0.2, 0.25) is 5.02 Å². The van der Waals surface area contributed by atoms with Gasteiger partial charge in [-0.05, 0) is 38.1 Å². The standard InChI is InChI=1S/C25H32ClN5O2/c1-32-23-17-24(33-2)21(26)16-20(23)22-18-31-8-5-19(15-25(31)27-22)30-13-11-29(12-14-30)10-9-28-6-3-4-7-28/h5,8,15-18H,3-4,6-7,9-14H2,1-2H3. The molecule has 2 fully saturated rings. The van der Waals surface area contributed by atoms with E-state index in [-0.39, 0.29) is 0 Å². The molecule has 5 rings (SSSR count). The molecule has 0 bridgehead atoms. The molecule has 33 heavy (non-hydrogen) atoms. The van der Waals surface area contributed by atoms with Gasteiger partial charge < -0.3 is 23.7 Å². The van der Waals surface area contributed by atoms with Crippen molar-refractivity contribution in [1.82, 2.24) is 19.2 Å². The average Bonchev–Trinajstić information content (AvgIpc) is 3.52. The molecule has 0 atom stereocenters. The van der Waals surface area contributed by atoms with Crippen molar-refractivity contribution in [3.8, 4) is 22.8 Å². The summed E-state index contributed by atoms with van der Waals surface area (Å²) in [5, 5.41) is 0.536. The van der Waals surface area contributed by atoms with Crippen LogP contribution in [-0.4, -0.2) is 85.8 Å². The SMILES string of the molecule is COc1cc(OC)c(-c2cn3ccc(N4CCN(CCN5CCCC5)CC4)cc3n2)cc1Cl. The maximum atomic E-state index is 6.38. The molecule has 0 aliphatic carbocycles. The molecule has 3 aromatic rings. The molecule has 0 radical (unpaired) electrons. The second-order valence-electron chi connectivity index (χ2n) is 8.84. The number of rotatable bonds is 7. The molecule has 2 aliphatic rings. The number of anilines is 1. The minimum Gasteiger partial charge on any atom is -0.496 e. The Morgan fingerprint density at radius 3 is 2.27 bits per heavy atom. The Morgan fingerprint density at radius 1 is 0.879 bits per heavy atom. The Morgan fingerprint density at radius 2 is 1.58 bits per heavy atom. The van der Waals surface area contributed by atoms with Crippen molar-refractivity contribution in [2.75, 3.05) is 71.5 Å². The van der Waals surface area contributed by atoms with Crippen LogP contribution < -0.4 is 14.4 Å². The van der Waals surface area contributed by atoms with Gasteiger partial charge in [0.2, 0.25) is 0 Å². The average molecular weight is 470 g/mol. The van der Waals surface area contributed by atoms with Crippen molar-refractivity contribution in [3.05, 3.63) is 41.7 Å². The summed E-state index contributed by atoms with van der Waals surface area (Å²) in [6.45, 7) is 9.27. The summed E-state index contributed by atoms with van der Waals surface area (Å²) in [4.78, 5) is 12.5. The van der Waals surface area contributed by atoms with Crippen LogP contribution >= 0.6 is 11.6 Å². The van der Waals surface area contributed by atoms with E-state index in [1.165, 1.54) is 44.7 Å². The molecular formula is C25H32ClN5O2. The maximum Gasteiger partial charge on any atom is 0.141 e. The normalized spacial score (nSPS) is 17.7. The van der Waals surface area contributed by atoms with Crippen LogP contribution in [0.5, 0.6) is 11.5 Å². The third kappa shape index (κ3) is 4.76. The number of nitrogens with zero attached hydrogens (tertiary/aromatic N) is 5. The molecule has 0 amide bonds. The molecule has 1 aromatic carbocycles. The van der Waals surface area contributed by atoms with Gasteiger partial charge in [-0.2, -0.15) is 0 Å². The third-order valence-electron chi connectivity index (χ3n) is 6.86. The van der Waals surface area contributed by atoms with Crippen LogP contribution in [0.1, 0.15) is 12.8 Å². The van der Waals surface area contributed by atoms with Gasteiger partial charge in [0, 0.05) is 75.0 Å². The number of aromatic nitrogens is 2. The van der Waals surface area contributed by atoms with Crippen molar-refractivity contribution in [2.45, 2.75) is 12.8 Å². The van der Waals surface area contributed by atoms with Gasteiger partial charge in [-0.25, -0.2) is 4.98 Å². The molecule has 2 aliphatic heterocycles. The fourth-order valence-electron chi connectivity index (χ4n) is 4.88. The molecule has 0 unspecified atom stereocenters. The summed E-state index contributed by atoms with van der Waals surface area (Å²) in [5.41, 5.74) is 3.80. The molecular weight excluding hydrogens is 438 g/mol. The van der Waals surface area contributed by atoms with Gasteiger partial charge in [0.15, 0.2) is 0 Å². The molecule has 0 N–H and O–H groups in total. The first-order chi connectivity index (χ1) is 16.1. The van der Waals surface area contributed by atoms with Crippen LogP contribution in [-0.2, 0) is 0 Å². The highest BCUT2D eigenvalue weighted by atomic mass is 35.5. The Kier molecular flexibility index (Phi) is 6.62. The second-order valence-corrected chi connectivity index (χ2v) is 9.25. The lowest BCUT2D eigenvalue weighted by molar-refractivity contribution is 0.215. The zero-order chi connectivity index (χ0) is 22.8. The van der Waals surface area contributed by atoms with Crippen LogP contribution in [0.15, 0.2) is 36.7 Å². The summed E-state index contributed by atoms with van der Waals surface area (Å²) in [5.74, 6) is 1.27. The van der Waals surface area contributed by atoms with Gasteiger partial charge in [0.05, 0.1) is 24.9 Å². The van der Waals surface area contributed by atoms with Gasteiger partial charge in [-0.15, -0.1) is 0 Å². The van der Waals surface area contributed by atoms with Crippen LogP contribution in [0.25, 0.3) is 16.9 Å². The van der Waals surface area contributed by atoms with Gasteiger partial charge in [0.25, 0.3) is 0 Å². The molecule has 2 saturated heterocycles. The van der Waals surface area contributed by atoms with E-state index in [1.54, 1.807) is 20.3 Å². The van der Waals surface area contributed by atoms with E-state index >= 15 is 0 Å². The Bertz CT molecular complexity index is 1100. The van der Waals surface area contributed by atoms with Gasteiger partial charge in [-0.3, -0.25) is 4.90 Å². The van der Waals surface area contributed by atoms with Crippen molar-refractivity contribution in [2.24, 2.45) is 0 Å². The van der Waals surface area contributed by atoms with E-state index in [4.69, 9.17) is 26.1 Å². The molecule has 176 valence electrons. The van der Waals surface area contributed by atoms with E-state index in [0.717, 1.165) is 43.1 Å². The molecule has 2 aromatic heterocycles. The number of methoxy groups -OCH3 is 2. The lowest BCUT2D eigenvalue weighted by Gasteiger charge is -2.36. The number of piperazine rings is 1. The first-order valence-corrected chi connectivity index (χ1v) is 12.1. The third-order valence-corrected chi connectivity index (χ3v) is 7.16. The lowest BCUT2D eigenvalue weighted by atomic mass is 10.1. The molecule has 7 nitrogen and oxygen atoms in total. The number of halogens is 1. The van der Waals surface area contributed by atoms with E-state index in [9.17, 15) is 0 Å². The smallest absolute Gasteiger partial charge is 0.141 e. The summed E-state index contributed by atoms with van der Waals surface area (Å²) < 4.78 is 12.9. The summed E-state index contributed by atoms with van der Waals surface area (Å²) in [6.07, 6.45) is 6.82. The number of hydrogen-bond acceptors (Lipinski definition) is 6. The van der Waals surface area contributed by atoms with Crippen molar-refractivity contribution < 1.29 is 9.47 Å². The molecule has 0 spiro atoms. The summed E-state index contributed by atoms with van der Waals surface area (Å²) in [6, 6.07) is 8.00. The topological polar surface area (TPSA) is 45.5 Å². The minimum atomic E-state index is 0.536. The predicted octanol–water partition coefficient (Wildman–Crippen LogP) is 3.89. The Balaban J connectivity index is 1.29. The number of imidazole rings is 1. The van der Waals surface area contributed by atoms with Gasteiger partial charge >= 0.3 is 0 Å². The Hall–Kier alpha value is -2.48. The highest BCUT2D eigenvalue weighted by Gasteiger charge is 2.20. The predicted molar refractivity (Wildman–Crippen MR) is 133 cm³/mol. The zero-order valence-electron chi connectivity index (χ0n) is 19.5. The molecule has 0 saturated carbocycles. The minimum absolute atomic E-state index is 0.536. The zero-order valence-corrected chi connectivity index (χ0v) is 20.2. The van der Waals surface area contributed by atoms with Crippen molar-refractivity contribution in [3.63, 3.8) is 0 Å². The first-order valence-electron chi connectivity index (χ1n) is 11.7. The number of ether oxygens (including phenoxy) is 2. The second kappa shape index (κ2) is 9.79. The van der Waals surface area contributed by atoms with Crippen molar-refractivity contribution >= 4 is 22.9 Å². The number of fused-ring (bicyclic) bond motifs is 1. The monoisotopic (exact) mass is 469 g/mol. The number of pyridine rings is 1. The summed E-state index contributed by atoms with van der Waals surface area (Å²) in [7, 11) is 3.24.